The quantitative estimate of drug-likeness (QED) is 0.758. The summed E-state index contributed by atoms with van der Waals surface area (Å²) in [5.41, 5.74) is 0.596. The third-order valence-electron chi connectivity index (χ3n) is 2.84. The van der Waals surface area contributed by atoms with Crippen molar-refractivity contribution in [3.8, 4) is 0 Å². The number of carbonyl (C=O) groups is 2. The maximum absolute atomic E-state index is 11.8. The Bertz CT molecular complexity index is 533. The Morgan fingerprint density at radius 3 is 2.65 bits per heavy atom. The number of likely N-dealkylation sites (N-methyl/N-ethyl adjacent to an activating group) is 1. The lowest BCUT2D eigenvalue weighted by Gasteiger charge is -2.20. The van der Waals surface area contributed by atoms with Crippen LogP contribution in [0.2, 0.25) is 0 Å². The summed E-state index contributed by atoms with van der Waals surface area (Å²) in [6, 6.07) is 0. The Kier molecular flexibility index (Phi) is 4.10. The minimum atomic E-state index is -0.667. The highest BCUT2D eigenvalue weighted by molar-refractivity contribution is 7.16. The van der Waals surface area contributed by atoms with E-state index >= 15 is 0 Å². The predicted molar refractivity (Wildman–Crippen MR) is 78.7 cm³/mol. The van der Waals surface area contributed by atoms with E-state index in [2.05, 4.69) is 27.6 Å². The van der Waals surface area contributed by atoms with Crippen LogP contribution >= 0.6 is 11.3 Å². The molecule has 1 aromatic rings. The normalized spacial score (nSPS) is 15.6. The molecule has 0 aliphatic carbocycles. The third kappa shape index (κ3) is 3.77. The van der Waals surface area contributed by atoms with E-state index in [1.165, 1.54) is 11.3 Å². The topological polar surface area (TPSA) is 74.3 Å². The van der Waals surface area contributed by atoms with Gasteiger partial charge in [-0.25, -0.2) is 4.98 Å². The molecule has 0 fully saturated rings. The lowest BCUT2D eigenvalue weighted by atomic mass is 10.1. The standard InChI is InChI=1S/C13H20N4O2S/c1-13(2,3)16-11(19)10(18)15-12-14-8-5-6-17(4)7-9(8)20-12/h5-7H2,1-4H3,(H,16,19)(H,14,15,18). The monoisotopic (exact) mass is 296 g/mol. The van der Waals surface area contributed by atoms with Gasteiger partial charge in [0, 0.05) is 29.9 Å². The van der Waals surface area contributed by atoms with E-state index in [0.29, 0.717) is 5.13 Å². The molecule has 20 heavy (non-hydrogen) atoms. The summed E-state index contributed by atoms with van der Waals surface area (Å²) in [6.07, 6.45) is 0.881. The van der Waals surface area contributed by atoms with Crippen LogP contribution < -0.4 is 10.6 Å². The molecular formula is C13H20N4O2S. The van der Waals surface area contributed by atoms with E-state index in [-0.39, 0.29) is 0 Å². The average Bonchev–Trinajstić information content (AvgIpc) is 2.67. The molecule has 0 unspecified atom stereocenters. The Hall–Kier alpha value is -1.47. The molecule has 0 atom stereocenters. The van der Waals surface area contributed by atoms with Crippen molar-refractivity contribution in [2.24, 2.45) is 0 Å². The number of fused-ring (bicyclic) bond motifs is 1. The molecule has 0 aromatic carbocycles. The molecule has 1 aliphatic heterocycles. The fourth-order valence-corrected chi connectivity index (χ4v) is 3.01. The van der Waals surface area contributed by atoms with Crippen LogP contribution in [0.3, 0.4) is 0 Å². The molecule has 1 aromatic heterocycles. The van der Waals surface area contributed by atoms with Gasteiger partial charge in [-0.2, -0.15) is 0 Å². The highest BCUT2D eigenvalue weighted by atomic mass is 32.1. The van der Waals surface area contributed by atoms with Gasteiger partial charge in [0.05, 0.1) is 5.69 Å². The zero-order chi connectivity index (χ0) is 14.9. The smallest absolute Gasteiger partial charge is 0.315 e. The molecule has 0 radical (unpaired) electrons. The fraction of sp³-hybridized carbons (Fsp3) is 0.615. The number of anilines is 1. The van der Waals surface area contributed by atoms with Crippen molar-refractivity contribution in [1.29, 1.82) is 0 Å². The molecule has 0 bridgehead atoms. The van der Waals surface area contributed by atoms with Crippen LogP contribution in [0, 0.1) is 0 Å². The van der Waals surface area contributed by atoms with E-state index in [0.717, 1.165) is 30.1 Å². The van der Waals surface area contributed by atoms with E-state index in [1.54, 1.807) is 0 Å². The first-order valence-corrected chi connectivity index (χ1v) is 7.37. The number of aromatic nitrogens is 1. The van der Waals surface area contributed by atoms with Gasteiger partial charge in [0.15, 0.2) is 5.13 Å². The molecule has 2 amide bonds. The van der Waals surface area contributed by atoms with Crippen molar-refractivity contribution in [3.63, 3.8) is 0 Å². The largest absolute Gasteiger partial charge is 0.343 e. The number of amides is 2. The maximum atomic E-state index is 11.8. The van der Waals surface area contributed by atoms with Crippen LogP contribution in [0.4, 0.5) is 5.13 Å². The molecule has 0 saturated heterocycles. The molecule has 2 N–H and O–H groups in total. The van der Waals surface area contributed by atoms with Crippen molar-refractivity contribution < 1.29 is 9.59 Å². The van der Waals surface area contributed by atoms with Crippen molar-refractivity contribution >= 4 is 28.3 Å². The number of rotatable bonds is 1. The number of hydrogen-bond acceptors (Lipinski definition) is 5. The zero-order valence-corrected chi connectivity index (χ0v) is 13.1. The van der Waals surface area contributed by atoms with E-state index < -0.39 is 17.4 Å². The maximum Gasteiger partial charge on any atom is 0.315 e. The predicted octanol–water partition coefficient (Wildman–Crippen LogP) is 0.984. The summed E-state index contributed by atoms with van der Waals surface area (Å²) < 4.78 is 0. The number of nitrogens with one attached hydrogen (secondary N) is 2. The van der Waals surface area contributed by atoms with Crippen molar-refractivity contribution in [1.82, 2.24) is 15.2 Å². The van der Waals surface area contributed by atoms with Crippen LogP contribution in [0.25, 0.3) is 0 Å². The van der Waals surface area contributed by atoms with Gasteiger partial charge in [0.1, 0.15) is 0 Å². The van der Waals surface area contributed by atoms with Crippen molar-refractivity contribution in [3.05, 3.63) is 10.6 Å². The highest BCUT2D eigenvalue weighted by Crippen LogP contribution is 2.27. The van der Waals surface area contributed by atoms with Crippen LogP contribution in [0.15, 0.2) is 0 Å². The first-order valence-electron chi connectivity index (χ1n) is 6.55. The first kappa shape index (κ1) is 14.9. The highest BCUT2D eigenvalue weighted by Gasteiger charge is 2.23. The number of carbonyl (C=O) groups excluding carboxylic acids is 2. The molecule has 6 nitrogen and oxygen atoms in total. The number of hydrogen-bond donors (Lipinski definition) is 2. The van der Waals surface area contributed by atoms with Crippen LogP contribution in [-0.2, 0) is 22.6 Å². The minimum absolute atomic E-state index is 0.431. The molecule has 1 aliphatic rings. The van der Waals surface area contributed by atoms with Gasteiger partial charge in [-0.1, -0.05) is 0 Å². The van der Waals surface area contributed by atoms with Gasteiger partial charge in [-0.05, 0) is 27.8 Å². The van der Waals surface area contributed by atoms with E-state index in [9.17, 15) is 9.59 Å². The van der Waals surface area contributed by atoms with Gasteiger partial charge in [-0.3, -0.25) is 14.9 Å². The average molecular weight is 296 g/mol. The summed E-state index contributed by atoms with van der Waals surface area (Å²) in [7, 11) is 2.05. The van der Waals surface area contributed by atoms with Crippen molar-refractivity contribution in [2.45, 2.75) is 39.3 Å². The molecule has 110 valence electrons. The summed E-state index contributed by atoms with van der Waals surface area (Å²) in [5.74, 6) is -1.30. The zero-order valence-electron chi connectivity index (χ0n) is 12.2. The van der Waals surface area contributed by atoms with Crippen molar-refractivity contribution in [2.75, 3.05) is 18.9 Å². The lowest BCUT2D eigenvalue weighted by Crippen LogP contribution is -2.46. The van der Waals surface area contributed by atoms with Crippen LogP contribution in [0.1, 0.15) is 31.3 Å². The Balaban J connectivity index is 2.00. The first-order chi connectivity index (χ1) is 9.24. The fourth-order valence-electron chi connectivity index (χ4n) is 1.93. The molecular weight excluding hydrogens is 276 g/mol. The summed E-state index contributed by atoms with van der Waals surface area (Å²) in [6.45, 7) is 7.30. The number of thiazole rings is 1. The molecule has 0 saturated carbocycles. The third-order valence-corrected chi connectivity index (χ3v) is 3.84. The lowest BCUT2D eigenvalue weighted by molar-refractivity contribution is -0.137. The van der Waals surface area contributed by atoms with Gasteiger partial charge < -0.3 is 10.2 Å². The Labute approximate surface area is 122 Å². The summed E-state index contributed by atoms with van der Waals surface area (Å²) >= 11 is 1.44. The van der Waals surface area contributed by atoms with Crippen LogP contribution in [0.5, 0.6) is 0 Å². The second kappa shape index (κ2) is 5.49. The molecule has 0 spiro atoms. The molecule has 7 heteroatoms. The van der Waals surface area contributed by atoms with Gasteiger partial charge in [-0.15, -0.1) is 11.3 Å². The summed E-state index contributed by atoms with van der Waals surface area (Å²) in [4.78, 5) is 31.3. The van der Waals surface area contributed by atoms with E-state index in [4.69, 9.17) is 0 Å². The number of nitrogens with zero attached hydrogens (tertiary/aromatic N) is 2. The Morgan fingerprint density at radius 2 is 2.00 bits per heavy atom. The second-order valence-corrected chi connectivity index (χ2v) is 7.12. The van der Waals surface area contributed by atoms with Gasteiger partial charge in [0.2, 0.25) is 0 Å². The SMILES string of the molecule is CN1CCc2nc(NC(=O)C(=O)NC(C)(C)C)sc2C1. The second-order valence-electron chi connectivity index (χ2n) is 6.03. The Morgan fingerprint density at radius 1 is 1.30 bits per heavy atom. The molecule has 2 rings (SSSR count). The van der Waals surface area contributed by atoms with Gasteiger partial charge in [0.25, 0.3) is 0 Å². The van der Waals surface area contributed by atoms with Crippen LogP contribution in [-0.4, -0.2) is 40.8 Å². The molecule has 2 heterocycles. The minimum Gasteiger partial charge on any atom is -0.343 e. The summed E-state index contributed by atoms with van der Waals surface area (Å²) in [5, 5.41) is 5.70. The van der Waals surface area contributed by atoms with E-state index in [1.807, 2.05) is 20.8 Å². The van der Waals surface area contributed by atoms with Gasteiger partial charge >= 0.3 is 11.8 Å².